The summed E-state index contributed by atoms with van der Waals surface area (Å²) in [5.74, 6) is -0.899. The van der Waals surface area contributed by atoms with Gasteiger partial charge in [0.25, 0.3) is 0 Å². The van der Waals surface area contributed by atoms with E-state index in [4.69, 9.17) is 9.95 Å². The Kier molecular flexibility index (Phi) is 2.60. The fourth-order valence-electron chi connectivity index (χ4n) is 1.51. The van der Waals surface area contributed by atoms with Gasteiger partial charge in [-0.05, 0) is 23.2 Å². The van der Waals surface area contributed by atoms with E-state index in [0.717, 1.165) is 0 Å². The van der Waals surface area contributed by atoms with Crippen LogP contribution in [0.15, 0.2) is 32.5 Å². The Hall–Kier alpha value is -2.66. The van der Waals surface area contributed by atoms with Crippen molar-refractivity contribution in [2.75, 3.05) is 0 Å². The third kappa shape index (κ3) is 1.86. The lowest BCUT2D eigenvalue weighted by Gasteiger charge is -2.04. The Labute approximate surface area is 94.2 Å². The number of phenols is 2. The number of nitrogens with zero attached hydrogens (tertiary/aromatic N) is 3. The number of azide groups is 1. The number of phenolic OH excluding ortho intramolecular Hbond substituents is 2. The minimum atomic E-state index is -0.693. The lowest BCUT2D eigenvalue weighted by atomic mass is 10.1. The largest absolute Gasteiger partial charge is 0.504 e. The molecule has 1 aromatic carbocycles. The van der Waals surface area contributed by atoms with Crippen molar-refractivity contribution >= 4 is 11.0 Å². The van der Waals surface area contributed by atoms with Gasteiger partial charge in [0.05, 0.1) is 6.54 Å². The van der Waals surface area contributed by atoms with Crippen LogP contribution in [-0.2, 0) is 6.54 Å². The first-order chi connectivity index (χ1) is 8.13. The van der Waals surface area contributed by atoms with Gasteiger partial charge in [-0.2, -0.15) is 0 Å². The SMILES string of the molecule is [N-]=[N+]=NCc1cc(=O)oc2c(O)c(O)ccc12. The number of benzene rings is 1. The van der Waals surface area contributed by atoms with Gasteiger partial charge >= 0.3 is 5.63 Å². The zero-order valence-electron chi connectivity index (χ0n) is 8.49. The molecule has 0 amide bonds. The molecule has 7 heteroatoms. The van der Waals surface area contributed by atoms with Crippen molar-refractivity contribution in [2.45, 2.75) is 6.54 Å². The second kappa shape index (κ2) is 4.07. The van der Waals surface area contributed by atoms with Crippen LogP contribution in [0.2, 0.25) is 0 Å². The van der Waals surface area contributed by atoms with Gasteiger partial charge in [0, 0.05) is 16.4 Å². The smallest absolute Gasteiger partial charge is 0.336 e. The molecule has 0 spiro atoms. The molecule has 0 aliphatic rings. The number of hydrogen-bond acceptors (Lipinski definition) is 5. The zero-order valence-corrected chi connectivity index (χ0v) is 8.49. The molecule has 1 aromatic heterocycles. The predicted octanol–water partition coefficient (Wildman–Crippen LogP) is 2.01. The molecule has 0 atom stereocenters. The van der Waals surface area contributed by atoms with E-state index in [0.29, 0.717) is 10.9 Å². The first-order valence-corrected chi connectivity index (χ1v) is 4.62. The van der Waals surface area contributed by atoms with E-state index < -0.39 is 11.4 Å². The van der Waals surface area contributed by atoms with Crippen LogP contribution in [0.5, 0.6) is 11.5 Å². The van der Waals surface area contributed by atoms with Crippen LogP contribution in [0.1, 0.15) is 5.56 Å². The van der Waals surface area contributed by atoms with Crippen LogP contribution in [0.25, 0.3) is 21.4 Å². The molecule has 2 N–H and O–H groups in total. The van der Waals surface area contributed by atoms with E-state index in [-0.39, 0.29) is 17.9 Å². The molecule has 0 bridgehead atoms. The Morgan fingerprint density at radius 3 is 2.88 bits per heavy atom. The van der Waals surface area contributed by atoms with E-state index in [1.54, 1.807) is 0 Å². The highest BCUT2D eigenvalue weighted by Crippen LogP contribution is 2.34. The number of hydrogen-bond donors (Lipinski definition) is 2. The Morgan fingerprint density at radius 2 is 2.18 bits per heavy atom. The third-order valence-electron chi connectivity index (χ3n) is 2.26. The van der Waals surface area contributed by atoms with Crippen molar-refractivity contribution in [3.63, 3.8) is 0 Å². The van der Waals surface area contributed by atoms with E-state index >= 15 is 0 Å². The summed E-state index contributed by atoms with van der Waals surface area (Å²) in [7, 11) is 0. The van der Waals surface area contributed by atoms with Crippen LogP contribution < -0.4 is 5.63 Å². The molecule has 17 heavy (non-hydrogen) atoms. The average Bonchev–Trinajstić information content (AvgIpc) is 2.31. The highest BCUT2D eigenvalue weighted by molar-refractivity contribution is 5.87. The molecule has 0 aliphatic carbocycles. The van der Waals surface area contributed by atoms with E-state index in [1.165, 1.54) is 18.2 Å². The maximum Gasteiger partial charge on any atom is 0.336 e. The summed E-state index contributed by atoms with van der Waals surface area (Å²) in [6, 6.07) is 3.90. The molecular formula is C10H7N3O4. The van der Waals surface area contributed by atoms with Gasteiger partial charge in [-0.3, -0.25) is 0 Å². The summed E-state index contributed by atoms with van der Waals surface area (Å²) < 4.78 is 4.79. The maximum absolute atomic E-state index is 11.2. The molecule has 0 saturated carbocycles. The van der Waals surface area contributed by atoms with Gasteiger partial charge in [0.15, 0.2) is 11.3 Å². The van der Waals surface area contributed by atoms with Crippen LogP contribution in [-0.4, -0.2) is 10.2 Å². The Balaban J connectivity index is 2.81. The van der Waals surface area contributed by atoms with Crippen molar-refractivity contribution < 1.29 is 14.6 Å². The maximum atomic E-state index is 11.2. The Bertz CT molecular complexity index is 686. The summed E-state index contributed by atoms with van der Waals surface area (Å²) in [6.07, 6.45) is 0. The summed E-state index contributed by atoms with van der Waals surface area (Å²) in [5, 5.41) is 22.6. The third-order valence-corrected chi connectivity index (χ3v) is 2.26. The standard InChI is InChI=1S/C10H7N3O4/c11-13-12-4-5-3-8(15)17-10-6(5)1-2-7(14)9(10)16/h1-3,14,16H,4H2. The van der Waals surface area contributed by atoms with Crippen molar-refractivity contribution in [2.24, 2.45) is 5.11 Å². The number of rotatable bonds is 2. The minimum absolute atomic E-state index is 0.0389. The monoisotopic (exact) mass is 233 g/mol. The van der Waals surface area contributed by atoms with Gasteiger partial charge in [0.2, 0.25) is 5.75 Å². The fourth-order valence-corrected chi connectivity index (χ4v) is 1.51. The van der Waals surface area contributed by atoms with Gasteiger partial charge in [-0.1, -0.05) is 5.11 Å². The fraction of sp³-hybridized carbons (Fsp3) is 0.100. The second-order valence-corrected chi connectivity index (χ2v) is 3.29. The molecule has 2 aromatic rings. The molecule has 1 heterocycles. The average molecular weight is 233 g/mol. The van der Waals surface area contributed by atoms with Crippen LogP contribution in [0.3, 0.4) is 0 Å². The van der Waals surface area contributed by atoms with Crippen molar-refractivity contribution in [1.29, 1.82) is 0 Å². The molecule has 7 nitrogen and oxygen atoms in total. The molecule has 0 saturated heterocycles. The molecular weight excluding hydrogens is 226 g/mol. The number of aromatic hydroxyl groups is 2. The molecule has 86 valence electrons. The summed E-state index contributed by atoms with van der Waals surface area (Å²) in [6.45, 7) is -0.0389. The van der Waals surface area contributed by atoms with Crippen molar-refractivity contribution in [3.8, 4) is 11.5 Å². The molecule has 0 unspecified atom stereocenters. The highest BCUT2D eigenvalue weighted by Gasteiger charge is 2.11. The molecule has 0 fully saturated rings. The molecule has 2 rings (SSSR count). The first-order valence-electron chi connectivity index (χ1n) is 4.62. The van der Waals surface area contributed by atoms with Crippen LogP contribution in [0, 0.1) is 0 Å². The van der Waals surface area contributed by atoms with Gasteiger partial charge in [-0.15, -0.1) is 0 Å². The van der Waals surface area contributed by atoms with E-state index in [9.17, 15) is 15.0 Å². The van der Waals surface area contributed by atoms with Gasteiger partial charge in [0.1, 0.15) is 0 Å². The topological polar surface area (TPSA) is 119 Å². The van der Waals surface area contributed by atoms with Gasteiger partial charge in [-0.25, -0.2) is 4.79 Å². The lowest BCUT2D eigenvalue weighted by Crippen LogP contribution is -2.00. The quantitative estimate of drug-likeness (QED) is 0.271. The van der Waals surface area contributed by atoms with Gasteiger partial charge < -0.3 is 14.6 Å². The summed E-state index contributed by atoms with van der Waals surface area (Å²) >= 11 is 0. The van der Waals surface area contributed by atoms with E-state index in [2.05, 4.69) is 10.0 Å². The molecule has 0 radical (unpaired) electrons. The minimum Gasteiger partial charge on any atom is -0.504 e. The normalized spacial score (nSPS) is 10.1. The first kappa shape index (κ1) is 10.8. The van der Waals surface area contributed by atoms with Crippen LogP contribution in [0.4, 0.5) is 0 Å². The lowest BCUT2D eigenvalue weighted by molar-refractivity contribution is 0.397. The van der Waals surface area contributed by atoms with Crippen molar-refractivity contribution in [1.82, 2.24) is 0 Å². The number of fused-ring (bicyclic) bond motifs is 1. The molecule has 0 aliphatic heterocycles. The van der Waals surface area contributed by atoms with Crippen molar-refractivity contribution in [3.05, 3.63) is 44.6 Å². The Morgan fingerprint density at radius 1 is 1.41 bits per heavy atom. The summed E-state index contributed by atoms with van der Waals surface area (Å²) in [4.78, 5) is 13.8. The second-order valence-electron chi connectivity index (χ2n) is 3.29. The highest BCUT2D eigenvalue weighted by atomic mass is 16.4. The predicted molar refractivity (Wildman–Crippen MR) is 58.7 cm³/mol. The van der Waals surface area contributed by atoms with Crippen LogP contribution >= 0.6 is 0 Å². The summed E-state index contributed by atoms with van der Waals surface area (Å²) in [5.41, 5.74) is 7.84. The van der Waals surface area contributed by atoms with E-state index in [1.807, 2.05) is 0 Å². The zero-order chi connectivity index (χ0) is 12.4.